The van der Waals surface area contributed by atoms with Crippen LogP contribution in [0.1, 0.15) is 0 Å². The van der Waals surface area contributed by atoms with Gasteiger partial charge >= 0.3 is 0 Å². The third kappa shape index (κ3) is 14.5. The Morgan fingerprint density at radius 2 is 1.06 bits per heavy atom. The van der Waals surface area contributed by atoms with Gasteiger partial charge in [0, 0.05) is 49.2 Å². The van der Waals surface area contributed by atoms with Crippen LogP contribution in [0.15, 0.2) is 0 Å². The summed E-state index contributed by atoms with van der Waals surface area (Å²) in [7, 11) is 0. The molecule has 0 atom stereocenters. The molecular formula is C10H24N2O2S2. The van der Waals surface area contributed by atoms with Gasteiger partial charge < -0.3 is 20.8 Å². The molecule has 0 bridgehead atoms. The SMILES string of the molecule is OCCNCCSCCSCCNCCO. The minimum atomic E-state index is 0.224. The summed E-state index contributed by atoms with van der Waals surface area (Å²) in [5.74, 6) is 4.60. The molecule has 0 aliphatic rings. The number of aliphatic hydroxyl groups excluding tert-OH is 2. The van der Waals surface area contributed by atoms with E-state index in [4.69, 9.17) is 10.2 Å². The van der Waals surface area contributed by atoms with E-state index in [1.54, 1.807) is 0 Å². The van der Waals surface area contributed by atoms with Crippen LogP contribution in [0.5, 0.6) is 0 Å². The standard InChI is InChI=1S/C10H24N2O2S2/c13-5-1-11-3-7-15-9-10-16-8-4-12-2-6-14/h11-14H,1-10H2. The number of rotatable bonds is 13. The van der Waals surface area contributed by atoms with Gasteiger partial charge in [0.25, 0.3) is 0 Å². The maximum absolute atomic E-state index is 8.53. The molecule has 0 aromatic carbocycles. The fraction of sp³-hybridized carbons (Fsp3) is 1.00. The number of aliphatic hydroxyl groups is 2. The van der Waals surface area contributed by atoms with Crippen molar-refractivity contribution in [2.75, 3.05) is 62.4 Å². The van der Waals surface area contributed by atoms with Gasteiger partial charge in [-0.05, 0) is 0 Å². The van der Waals surface area contributed by atoms with Crippen LogP contribution >= 0.6 is 23.5 Å². The molecule has 0 saturated carbocycles. The molecule has 6 heteroatoms. The summed E-state index contributed by atoms with van der Waals surface area (Å²) in [6.45, 7) is 3.81. The topological polar surface area (TPSA) is 64.5 Å². The van der Waals surface area contributed by atoms with Gasteiger partial charge in [0.15, 0.2) is 0 Å². The molecule has 0 unspecified atom stereocenters. The third-order valence-corrected chi connectivity index (χ3v) is 4.03. The highest BCUT2D eigenvalue weighted by molar-refractivity contribution is 8.02. The minimum Gasteiger partial charge on any atom is -0.395 e. The Kier molecular flexibility index (Phi) is 16.1. The highest BCUT2D eigenvalue weighted by atomic mass is 32.2. The Labute approximate surface area is 107 Å². The van der Waals surface area contributed by atoms with E-state index in [1.807, 2.05) is 23.5 Å². The first-order valence-electron chi connectivity index (χ1n) is 5.70. The minimum absolute atomic E-state index is 0.224. The summed E-state index contributed by atoms with van der Waals surface area (Å²) >= 11 is 3.89. The maximum atomic E-state index is 8.53. The first-order chi connectivity index (χ1) is 7.91. The van der Waals surface area contributed by atoms with Crippen molar-refractivity contribution in [3.8, 4) is 0 Å². The average Bonchev–Trinajstić information content (AvgIpc) is 2.31. The van der Waals surface area contributed by atoms with Crippen LogP contribution in [0.4, 0.5) is 0 Å². The zero-order chi connectivity index (χ0) is 11.9. The van der Waals surface area contributed by atoms with Crippen molar-refractivity contribution >= 4 is 23.5 Å². The summed E-state index contributed by atoms with van der Waals surface area (Å²) in [6.07, 6.45) is 0. The molecule has 0 rings (SSSR count). The number of thioether (sulfide) groups is 2. The smallest absolute Gasteiger partial charge is 0.0555 e. The summed E-state index contributed by atoms with van der Waals surface area (Å²) in [5, 5.41) is 23.4. The number of hydrogen-bond acceptors (Lipinski definition) is 6. The molecular weight excluding hydrogens is 244 g/mol. The van der Waals surface area contributed by atoms with Crippen LogP contribution in [0.3, 0.4) is 0 Å². The Balaban J connectivity index is 2.83. The van der Waals surface area contributed by atoms with Gasteiger partial charge in [0.1, 0.15) is 0 Å². The first-order valence-corrected chi connectivity index (χ1v) is 8.01. The predicted octanol–water partition coefficient (Wildman–Crippen LogP) is -0.383. The van der Waals surface area contributed by atoms with Crippen molar-refractivity contribution in [1.82, 2.24) is 10.6 Å². The van der Waals surface area contributed by atoms with E-state index in [9.17, 15) is 0 Å². The van der Waals surface area contributed by atoms with Crippen molar-refractivity contribution in [3.63, 3.8) is 0 Å². The molecule has 4 nitrogen and oxygen atoms in total. The van der Waals surface area contributed by atoms with E-state index in [0.29, 0.717) is 13.1 Å². The zero-order valence-corrected chi connectivity index (χ0v) is 11.4. The lowest BCUT2D eigenvalue weighted by molar-refractivity contribution is 0.293. The highest BCUT2D eigenvalue weighted by Crippen LogP contribution is 2.05. The van der Waals surface area contributed by atoms with Crippen LogP contribution in [-0.2, 0) is 0 Å². The van der Waals surface area contributed by atoms with Crippen molar-refractivity contribution in [3.05, 3.63) is 0 Å². The normalized spacial score (nSPS) is 10.9. The largest absolute Gasteiger partial charge is 0.395 e. The summed E-state index contributed by atoms with van der Waals surface area (Å²) in [5.41, 5.74) is 0. The van der Waals surface area contributed by atoms with Crippen molar-refractivity contribution in [2.45, 2.75) is 0 Å². The predicted molar refractivity (Wildman–Crippen MR) is 74.6 cm³/mol. The first kappa shape index (κ1) is 16.5. The van der Waals surface area contributed by atoms with Gasteiger partial charge in [-0.1, -0.05) is 0 Å². The van der Waals surface area contributed by atoms with Crippen molar-refractivity contribution in [1.29, 1.82) is 0 Å². The molecule has 0 heterocycles. The van der Waals surface area contributed by atoms with Crippen LogP contribution in [-0.4, -0.2) is 72.6 Å². The third-order valence-electron chi connectivity index (χ3n) is 1.80. The molecule has 0 amide bonds. The zero-order valence-electron chi connectivity index (χ0n) is 9.78. The number of hydrogen-bond donors (Lipinski definition) is 4. The van der Waals surface area contributed by atoms with Gasteiger partial charge in [0.2, 0.25) is 0 Å². The summed E-state index contributed by atoms with van der Waals surface area (Å²) in [4.78, 5) is 0. The molecule has 0 saturated heterocycles. The maximum Gasteiger partial charge on any atom is 0.0555 e. The molecule has 16 heavy (non-hydrogen) atoms. The van der Waals surface area contributed by atoms with Crippen LogP contribution in [0, 0.1) is 0 Å². The van der Waals surface area contributed by atoms with Crippen molar-refractivity contribution in [2.24, 2.45) is 0 Å². The Morgan fingerprint density at radius 3 is 1.44 bits per heavy atom. The van der Waals surface area contributed by atoms with E-state index < -0.39 is 0 Å². The fourth-order valence-corrected chi connectivity index (χ4v) is 2.95. The quantitative estimate of drug-likeness (QED) is 0.342. The molecule has 98 valence electrons. The molecule has 0 spiro atoms. The molecule has 0 aliphatic carbocycles. The van der Waals surface area contributed by atoms with Crippen LogP contribution < -0.4 is 10.6 Å². The van der Waals surface area contributed by atoms with E-state index >= 15 is 0 Å². The van der Waals surface area contributed by atoms with E-state index in [2.05, 4.69) is 10.6 Å². The molecule has 0 aromatic rings. The Bertz CT molecular complexity index is 117. The summed E-state index contributed by atoms with van der Waals surface area (Å²) in [6, 6.07) is 0. The molecule has 4 N–H and O–H groups in total. The van der Waals surface area contributed by atoms with Crippen molar-refractivity contribution < 1.29 is 10.2 Å². The summed E-state index contributed by atoms with van der Waals surface area (Å²) < 4.78 is 0. The van der Waals surface area contributed by atoms with E-state index in [-0.39, 0.29) is 13.2 Å². The number of nitrogens with one attached hydrogen (secondary N) is 2. The van der Waals surface area contributed by atoms with Crippen LogP contribution in [0.2, 0.25) is 0 Å². The van der Waals surface area contributed by atoms with Gasteiger partial charge in [-0.15, -0.1) is 0 Å². The highest BCUT2D eigenvalue weighted by Gasteiger charge is 1.92. The molecule has 0 fully saturated rings. The van der Waals surface area contributed by atoms with Gasteiger partial charge in [-0.2, -0.15) is 23.5 Å². The fourth-order valence-electron chi connectivity index (χ4n) is 1.02. The van der Waals surface area contributed by atoms with Gasteiger partial charge in [-0.25, -0.2) is 0 Å². The average molecular weight is 268 g/mol. The van der Waals surface area contributed by atoms with E-state index in [1.165, 1.54) is 11.5 Å². The van der Waals surface area contributed by atoms with E-state index in [0.717, 1.165) is 24.6 Å². The lowest BCUT2D eigenvalue weighted by atomic mass is 10.6. The lowest BCUT2D eigenvalue weighted by Crippen LogP contribution is -2.21. The molecule has 0 aliphatic heterocycles. The van der Waals surface area contributed by atoms with Crippen LogP contribution in [0.25, 0.3) is 0 Å². The second-order valence-corrected chi connectivity index (χ2v) is 5.62. The van der Waals surface area contributed by atoms with Gasteiger partial charge in [-0.3, -0.25) is 0 Å². The molecule has 0 aromatic heterocycles. The molecule has 0 radical (unpaired) electrons. The lowest BCUT2D eigenvalue weighted by Gasteiger charge is -2.04. The van der Waals surface area contributed by atoms with Gasteiger partial charge in [0.05, 0.1) is 13.2 Å². The monoisotopic (exact) mass is 268 g/mol. The Morgan fingerprint density at radius 1 is 0.625 bits per heavy atom. The second kappa shape index (κ2) is 15.5. The second-order valence-electron chi connectivity index (χ2n) is 3.17. The Hall–Kier alpha value is 0.540.